The second-order valence-corrected chi connectivity index (χ2v) is 9.82. The van der Waals surface area contributed by atoms with Crippen LogP contribution in [0.1, 0.15) is 51.6 Å². The number of benzene rings is 3. The first-order chi connectivity index (χ1) is 18.5. The van der Waals surface area contributed by atoms with Crippen molar-refractivity contribution in [1.82, 2.24) is 9.88 Å². The van der Waals surface area contributed by atoms with Crippen LogP contribution in [0.4, 0.5) is 5.69 Å². The van der Waals surface area contributed by atoms with E-state index in [1.165, 1.54) is 4.90 Å². The van der Waals surface area contributed by atoms with Gasteiger partial charge in [-0.05, 0) is 49.6 Å². The van der Waals surface area contributed by atoms with Crippen molar-refractivity contribution in [2.45, 2.75) is 32.2 Å². The summed E-state index contributed by atoms with van der Waals surface area (Å²) in [6.07, 6.45) is 3.71. The lowest BCUT2D eigenvalue weighted by Crippen LogP contribution is -2.40. The van der Waals surface area contributed by atoms with Crippen molar-refractivity contribution in [3.8, 4) is 0 Å². The van der Waals surface area contributed by atoms with Crippen molar-refractivity contribution in [3.05, 3.63) is 101 Å². The second-order valence-electron chi connectivity index (χ2n) is 9.82. The van der Waals surface area contributed by atoms with E-state index < -0.39 is 6.04 Å². The summed E-state index contributed by atoms with van der Waals surface area (Å²) in [4.78, 5) is 50.7. The Balaban J connectivity index is 1.19. The SMILES string of the molecule is CC1=NC(Cc2c[nH]c3ccccc23)C(=O)N(CCCCN2C(=O)c3ccccc3C2=O)c2ccccc21. The zero-order valence-electron chi connectivity index (χ0n) is 21.2. The number of carbonyl (C=O) groups excluding carboxylic acids is 3. The third-order valence-corrected chi connectivity index (χ3v) is 7.47. The number of imide groups is 1. The number of nitrogens with zero attached hydrogens (tertiary/aromatic N) is 3. The monoisotopic (exact) mass is 504 g/mol. The Morgan fingerprint density at radius 2 is 1.37 bits per heavy atom. The summed E-state index contributed by atoms with van der Waals surface area (Å²) < 4.78 is 0. The number of unbranched alkanes of at least 4 members (excludes halogenated alkanes) is 1. The molecule has 0 spiro atoms. The van der Waals surface area contributed by atoms with Gasteiger partial charge in [0.1, 0.15) is 6.04 Å². The highest BCUT2D eigenvalue weighted by Crippen LogP contribution is 2.29. The van der Waals surface area contributed by atoms with E-state index in [1.54, 1.807) is 24.3 Å². The van der Waals surface area contributed by atoms with Crippen LogP contribution in [0, 0.1) is 0 Å². The van der Waals surface area contributed by atoms with E-state index in [9.17, 15) is 14.4 Å². The van der Waals surface area contributed by atoms with E-state index >= 15 is 0 Å². The molecule has 38 heavy (non-hydrogen) atoms. The quantitative estimate of drug-likeness (QED) is 0.284. The number of aromatic nitrogens is 1. The van der Waals surface area contributed by atoms with Crippen molar-refractivity contribution in [3.63, 3.8) is 0 Å². The van der Waals surface area contributed by atoms with Crippen molar-refractivity contribution in [2.75, 3.05) is 18.0 Å². The smallest absolute Gasteiger partial charge is 0.261 e. The first-order valence-electron chi connectivity index (χ1n) is 13.0. The number of amides is 3. The van der Waals surface area contributed by atoms with Crippen LogP contribution in [0.25, 0.3) is 10.9 Å². The molecule has 0 bridgehead atoms. The lowest BCUT2D eigenvalue weighted by Gasteiger charge is -2.25. The molecule has 7 heteroatoms. The molecule has 190 valence electrons. The molecule has 1 atom stereocenters. The Hall–Kier alpha value is -4.52. The van der Waals surface area contributed by atoms with Gasteiger partial charge in [0.05, 0.1) is 16.8 Å². The molecule has 3 amide bonds. The number of para-hydroxylation sites is 2. The first-order valence-corrected chi connectivity index (χ1v) is 13.0. The highest BCUT2D eigenvalue weighted by atomic mass is 16.2. The zero-order valence-corrected chi connectivity index (χ0v) is 21.2. The van der Waals surface area contributed by atoms with Crippen molar-refractivity contribution >= 4 is 40.0 Å². The number of H-pyrrole nitrogens is 1. The molecular weight excluding hydrogens is 476 g/mol. The van der Waals surface area contributed by atoms with Gasteiger partial charge in [-0.2, -0.15) is 0 Å². The van der Waals surface area contributed by atoms with Crippen molar-refractivity contribution < 1.29 is 14.4 Å². The number of carbonyl (C=O) groups is 3. The number of hydrogen-bond acceptors (Lipinski definition) is 4. The zero-order chi connectivity index (χ0) is 26.2. The minimum atomic E-state index is -0.544. The molecule has 0 aliphatic carbocycles. The number of fused-ring (bicyclic) bond motifs is 3. The average Bonchev–Trinajstić information content (AvgIpc) is 3.43. The lowest BCUT2D eigenvalue weighted by molar-refractivity contribution is -0.119. The van der Waals surface area contributed by atoms with Crippen LogP contribution < -0.4 is 4.90 Å². The van der Waals surface area contributed by atoms with E-state index in [-0.39, 0.29) is 17.7 Å². The fraction of sp³-hybridized carbons (Fsp3) is 0.226. The number of rotatable bonds is 7. The molecule has 2 aliphatic rings. The van der Waals surface area contributed by atoms with E-state index in [2.05, 4.69) is 11.1 Å². The Labute approximate surface area is 220 Å². The maximum Gasteiger partial charge on any atom is 0.261 e. The van der Waals surface area contributed by atoms with Crippen LogP contribution in [0.5, 0.6) is 0 Å². The van der Waals surface area contributed by atoms with E-state index in [0.29, 0.717) is 43.5 Å². The van der Waals surface area contributed by atoms with E-state index in [1.807, 2.05) is 60.5 Å². The number of benzodiazepines with no additional fused rings is 1. The van der Waals surface area contributed by atoms with E-state index in [4.69, 9.17) is 4.99 Å². The maximum absolute atomic E-state index is 13.9. The number of hydrogen-bond donors (Lipinski definition) is 1. The Bertz CT molecular complexity index is 1570. The van der Waals surface area contributed by atoms with Crippen LogP contribution in [-0.2, 0) is 11.2 Å². The Morgan fingerprint density at radius 3 is 2.11 bits per heavy atom. The molecule has 3 heterocycles. The van der Waals surface area contributed by atoms with Gasteiger partial charge < -0.3 is 9.88 Å². The van der Waals surface area contributed by atoms with Crippen LogP contribution in [0.3, 0.4) is 0 Å². The van der Waals surface area contributed by atoms with Gasteiger partial charge >= 0.3 is 0 Å². The molecule has 2 aliphatic heterocycles. The van der Waals surface area contributed by atoms with Crippen molar-refractivity contribution in [2.24, 2.45) is 4.99 Å². The normalized spacial score (nSPS) is 17.0. The van der Waals surface area contributed by atoms with Gasteiger partial charge in [-0.3, -0.25) is 24.3 Å². The third-order valence-electron chi connectivity index (χ3n) is 7.47. The number of aromatic amines is 1. The molecule has 3 aromatic carbocycles. The second kappa shape index (κ2) is 9.74. The summed E-state index contributed by atoms with van der Waals surface area (Å²) in [5.41, 5.74) is 5.66. The fourth-order valence-electron chi connectivity index (χ4n) is 5.53. The van der Waals surface area contributed by atoms with Gasteiger partial charge in [0.25, 0.3) is 17.7 Å². The number of anilines is 1. The predicted octanol–water partition coefficient (Wildman–Crippen LogP) is 5.01. The predicted molar refractivity (Wildman–Crippen MR) is 148 cm³/mol. The van der Waals surface area contributed by atoms with Gasteiger partial charge in [-0.15, -0.1) is 0 Å². The molecule has 0 saturated heterocycles. The third kappa shape index (κ3) is 4.10. The van der Waals surface area contributed by atoms with Gasteiger partial charge in [0.2, 0.25) is 0 Å². The number of aliphatic imine (C=N–C) groups is 1. The standard InChI is InChI=1S/C31H28N4O3/c1-20-22-10-5-7-15-28(22)34(16-8-9-17-35-29(36)24-12-2-3-13-25(24)30(35)37)31(38)27(33-20)18-21-19-32-26-14-6-4-11-23(21)26/h2-7,10-15,19,27,32H,8-9,16-18H2,1H3. The van der Waals surface area contributed by atoms with Gasteiger partial charge in [-0.25, -0.2) is 0 Å². The first kappa shape index (κ1) is 23.9. The summed E-state index contributed by atoms with van der Waals surface area (Å²) in [7, 11) is 0. The Kier molecular flexibility index (Phi) is 6.12. The summed E-state index contributed by atoms with van der Waals surface area (Å²) in [6, 6.07) is 22.3. The summed E-state index contributed by atoms with van der Waals surface area (Å²) in [5, 5.41) is 1.10. The van der Waals surface area contributed by atoms with Gasteiger partial charge in [-0.1, -0.05) is 48.5 Å². The van der Waals surface area contributed by atoms with Gasteiger partial charge in [0.15, 0.2) is 0 Å². The van der Waals surface area contributed by atoms with Crippen molar-refractivity contribution in [1.29, 1.82) is 0 Å². The highest BCUT2D eigenvalue weighted by molar-refractivity contribution is 6.21. The molecule has 1 unspecified atom stereocenters. The largest absolute Gasteiger partial charge is 0.361 e. The maximum atomic E-state index is 13.9. The van der Waals surface area contributed by atoms with Crippen LogP contribution >= 0.6 is 0 Å². The summed E-state index contributed by atoms with van der Waals surface area (Å²) in [6.45, 7) is 2.76. The average molecular weight is 505 g/mol. The fourth-order valence-corrected chi connectivity index (χ4v) is 5.53. The topological polar surface area (TPSA) is 85.8 Å². The minimum absolute atomic E-state index is 0.0414. The Morgan fingerprint density at radius 1 is 0.763 bits per heavy atom. The summed E-state index contributed by atoms with van der Waals surface area (Å²) in [5.74, 6) is -0.533. The highest BCUT2D eigenvalue weighted by Gasteiger charge is 2.35. The van der Waals surface area contributed by atoms with Crippen LogP contribution in [0.2, 0.25) is 0 Å². The lowest BCUT2D eigenvalue weighted by atomic mass is 10.0. The molecule has 0 radical (unpaired) electrons. The summed E-state index contributed by atoms with van der Waals surface area (Å²) >= 11 is 0. The molecule has 7 nitrogen and oxygen atoms in total. The molecule has 1 aromatic heterocycles. The van der Waals surface area contributed by atoms with Gasteiger partial charge in [0, 0.05) is 47.9 Å². The molecule has 0 fully saturated rings. The number of nitrogens with one attached hydrogen (secondary N) is 1. The van der Waals surface area contributed by atoms with Crippen LogP contribution in [0.15, 0.2) is 84.0 Å². The molecule has 1 N–H and O–H groups in total. The molecule has 0 saturated carbocycles. The minimum Gasteiger partial charge on any atom is -0.361 e. The molecule has 4 aromatic rings. The van der Waals surface area contributed by atoms with Crippen LogP contribution in [-0.4, -0.2) is 52.4 Å². The molecular formula is C31H28N4O3. The molecule has 6 rings (SSSR count). The van der Waals surface area contributed by atoms with E-state index in [0.717, 1.165) is 33.4 Å².